The number of fused-ring (bicyclic) bond motifs is 1. The summed E-state index contributed by atoms with van der Waals surface area (Å²) in [7, 11) is -5.06. The molecule has 28 heavy (non-hydrogen) atoms. The van der Waals surface area contributed by atoms with Crippen molar-refractivity contribution in [3.63, 3.8) is 0 Å². The summed E-state index contributed by atoms with van der Waals surface area (Å²) in [6.45, 7) is 2.02. The van der Waals surface area contributed by atoms with Crippen LogP contribution in [-0.2, 0) is 22.3 Å². The number of hydrogen-bond acceptors (Lipinski definition) is 5. The Morgan fingerprint density at radius 2 is 1.96 bits per heavy atom. The number of benzene rings is 1. The third-order valence-corrected chi connectivity index (χ3v) is 8.37. The topological polar surface area (TPSA) is 66.8 Å². The van der Waals surface area contributed by atoms with Gasteiger partial charge in [0.2, 0.25) is 0 Å². The molecule has 3 fully saturated rings. The Bertz CT molecular complexity index is 886. The smallest absolute Gasteiger partial charge is 0.387 e. The molecule has 3 aliphatic carbocycles. The first-order valence-electron chi connectivity index (χ1n) is 10.5. The Hall–Kier alpha value is -1.18. The number of aliphatic hydroxyl groups is 1. The van der Waals surface area contributed by atoms with Crippen LogP contribution in [0.15, 0.2) is 18.2 Å². The molecule has 2 bridgehead atoms. The molecule has 0 spiro atoms. The first-order valence-corrected chi connectivity index (χ1v) is 11.9. The van der Waals surface area contributed by atoms with Crippen LogP contribution in [-0.4, -0.2) is 43.2 Å². The van der Waals surface area contributed by atoms with Gasteiger partial charge in [0.15, 0.2) is 0 Å². The highest BCUT2D eigenvalue weighted by Crippen LogP contribution is 2.58. The van der Waals surface area contributed by atoms with Gasteiger partial charge in [-0.3, -0.25) is 4.90 Å². The van der Waals surface area contributed by atoms with Gasteiger partial charge in [-0.15, -0.1) is 0 Å². The minimum atomic E-state index is -5.06. The largest absolute Gasteiger partial charge is 0.488 e. The van der Waals surface area contributed by atoms with Crippen LogP contribution in [0.3, 0.4) is 0 Å². The van der Waals surface area contributed by atoms with Gasteiger partial charge in [0.05, 0.1) is 5.60 Å². The lowest BCUT2D eigenvalue weighted by atomic mass is 9.49. The molecule has 5 nitrogen and oxygen atoms in total. The predicted molar refractivity (Wildman–Crippen MR) is 103 cm³/mol. The highest BCUT2D eigenvalue weighted by Gasteiger charge is 2.63. The first kappa shape index (κ1) is 18.8. The van der Waals surface area contributed by atoms with Gasteiger partial charge in [-0.05, 0) is 74.2 Å². The van der Waals surface area contributed by atoms with E-state index in [1.54, 1.807) is 6.07 Å². The standard InChI is InChI=1S/C21H28FNO4S/c22-28(25,26)27-17-7-6-16-12-19-21(24)9-2-1-8-20(21,18(16)13-17)10-11-23(19)14-15-4-3-5-15/h6-7,13,15,19,24H,1-5,8-12,14H2/t19?,20-,21+/m0/s1. The van der Waals surface area contributed by atoms with Crippen molar-refractivity contribution in [2.24, 2.45) is 5.92 Å². The van der Waals surface area contributed by atoms with E-state index in [0.29, 0.717) is 0 Å². The second-order valence-electron chi connectivity index (χ2n) is 9.27. The summed E-state index contributed by atoms with van der Waals surface area (Å²) in [5, 5.41) is 12.0. The summed E-state index contributed by atoms with van der Waals surface area (Å²) in [5.74, 6) is 0.755. The molecule has 2 saturated carbocycles. The van der Waals surface area contributed by atoms with Crippen LogP contribution in [0.4, 0.5) is 3.89 Å². The molecule has 1 aliphatic heterocycles. The number of rotatable bonds is 4. The average molecular weight is 410 g/mol. The molecule has 7 heteroatoms. The number of nitrogens with zero attached hydrogens (tertiary/aromatic N) is 1. The van der Waals surface area contributed by atoms with E-state index in [2.05, 4.69) is 9.08 Å². The highest BCUT2D eigenvalue weighted by molar-refractivity contribution is 7.81. The van der Waals surface area contributed by atoms with E-state index < -0.39 is 16.1 Å². The first-order chi connectivity index (χ1) is 13.3. The zero-order valence-corrected chi connectivity index (χ0v) is 16.9. The summed E-state index contributed by atoms with van der Waals surface area (Å²) < 4.78 is 39.5. The number of piperidine rings is 1. The van der Waals surface area contributed by atoms with Crippen LogP contribution in [0.5, 0.6) is 5.75 Å². The fourth-order valence-electron chi connectivity index (χ4n) is 6.48. The Morgan fingerprint density at radius 3 is 2.68 bits per heavy atom. The van der Waals surface area contributed by atoms with Crippen molar-refractivity contribution in [3.8, 4) is 5.75 Å². The monoisotopic (exact) mass is 409 g/mol. The Balaban J connectivity index is 1.56. The van der Waals surface area contributed by atoms with Crippen LogP contribution in [0.25, 0.3) is 0 Å². The molecule has 5 rings (SSSR count). The second kappa shape index (κ2) is 6.41. The molecule has 1 heterocycles. The maximum Gasteiger partial charge on any atom is 0.488 e. The number of halogens is 1. The van der Waals surface area contributed by atoms with E-state index in [9.17, 15) is 17.4 Å². The molecule has 0 amide bonds. The zero-order chi connectivity index (χ0) is 19.6. The Labute approximate surface area is 166 Å². The molecule has 154 valence electrons. The SMILES string of the molecule is O=S(=O)(F)Oc1ccc2c(c1)[C@@]13CCCC[C@@]1(O)C(C2)N(CC1CCC1)CC3. The summed E-state index contributed by atoms with van der Waals surface area (Å²) in [6.07, 6.45) is 9.22. The van der Waals surface area contributed by atoms with Gasteiger partial charge in [0.1, 0.15) is 5.75 Å². The van der Waals surface area contributed by atoms with Crippen molar-refractivity contribution >= 4 is 10.5 Å². The zero-order valence-electron chi connectivity index (χ0n) is 16.1. The fourth-order valence-corrected chi connectivity index (χ4v) is 6.81. The van der Waals surface area contributed by atoms with Gasteiger partial charge in [0.25, 0.3) is 0 Å². The van der Waals surface area contributed by atoms with Crippen molar-refractivity contribution in [3.05, 3.63) is 29.3 Å². The number of hydrogen-bond donors (Lipinski definition) is 1. The van der Waals surface area contributed by atoms with Crippen LogP contribution < -0.4 is 4.18 Å². The second-order valence-corrected chi connectivity index (χ2v) is 10.2. The molecule has 1 aromatic carbocycles. The molecule has 1 saturated heterocycles. The van der Waals surface area contributed by atoms with Gasteiger partial charge in [-0.2, -0.15) is 8.42 Å². The predicted octanol–water partition coefficient (Wildman–Crippen LogP) is 3.25. The van der Waals surface area contributed by atoms with Crippen LogP contribution in [0.2, 0.25) is 0 Å². The molecule has 0 aromatic heterocycles. The van der Waals surface area contributed by atoms with E-state index in [0.717, 1.165) is 68.7 Å². The summed E-state index contributed by atoms with van der Waals surface area (Å²) in [4.78, 5) is 2.52. The normalized spacial score (nSPS) is 35.6. The van der Waals surface area contributed by atoms with Crippen LogP contribution >= 0.6 is 0 Å². The van der Waals surface area contributed by atoms with Crippen LogP contribution in [0.1, 0.15) is 62.5 Å². The van der Waals surface area contributed by atoms with E-state index in [4.69, 9.17) is 0 Å². The Morgan fingerprint density at radius 1 is 1.18 bits per heavy atom. The van der Waals surface area contributed by atoms with E-state index >= 15 is 0 Å². The average Bonchev–Trinajstić information content (AvgIpc) is 2.58. The van der Waals surface area contributed by atoms with Crippen molar-refractivity contribution < 1.29 is 21.6 Å². The van der Waals surface area contributed by atoms with E-state index in [1.807, 2.05) is 6.07 Å². The molecule has 1 unspecified atom stereocenters. The van der Waals surface area contributed by atoms with Gasteiger partial charge >= 0.3 is 10.5 Å². The lowest BCUT2D eigenvalue weighted by Crippen LogP contribution is -2.72. The quantitative estimate of drug-likeness (QED) is 0.774. The molecule has 1 aromatic rings. The highest BCUT2D eigenvalue weighted by atomic mass is 32.3. The Kier molecular flexibility index (Phi) is 4.31. The minimum absolute atomic E-state index is 0.00102. The lowest BCUT2D eigenvalue weighted by molar-refractivity contribution is -0.169. The minimum Gasteiger partial charge on any atom is -0.387 e. The lowest BCUT2D eigenvalue weighted by Gasteiger charge is -2.64. The third-order valence-electron chi connectivity index (χ3n) is 7.98. The van der Waals surface area contributed by atoms with E-state index in [1.165, 1.54) is 25.3 Å². The van der Waals surface area contributed by atoms with Gasteiger partial charge in [-0.1, -0.05) is 29.2 Å². The van der Waals surface area contributed by atoms with Crippen LogP contribution in [0, 0.1) is 5.92 Å². The van der Waals surface area contributed by atoms with E-state index in [-0.39, 0.29) is 17.2 Å². The fraction of sp³-hybridized carbons (Fsp3) is 0.714. The van der Waals surface area contributed by atoms with Gasteiger partial charge in [-0.25, -0.2) is 0 Å². The third kappa shape index (κ3) is 2.81. The molecule has 3 atom stereocenters. The molecule has 0 radical (unpaired) electrons. The maximum absolute atomic E-state index is 13.1. The summed E-state index contributed by atoms with van der Waals surface area (Å²) in [6, 6.07) is 5.17. The number of likely N-dealkylation sites (tertiary alicyclic amines) is 1. The molecular formula is C21H28FNO4S. The summed E-state index contributed by atoms with van der Waals surface area (Å²) >= 11 is 0. The maximum atomic E-state index is 13.1. The van der Waals surface area contributed by atoms with Crippen molar-refractivity contribution in [2.75, 3.05) is 13.1 Å². The molecule has 1 N–H and O–H groups in total. The van der Waals surface area contributed by atoms with Gasteiger partial charge in [0, 0.05) is 18.0 Å². The van der Waals surface area contributed by atoms with Gasteiger partial charge < -0.3 is 9.29 Å². The van der Waals surface area contributed by atoms with Crippen molar-refractivity contribution in [1.29, 1.82) is 0 Å². The molecule has 4 aliphatic rings. The van der Waals surface area contributed by atoms with Crippen molar-refractivity contribution in [1.82, 2.24) is 4.90 Å². The van der Waals surface area contributed by atoms with Crippen molar-refractivity contribution in [2.45, 2.75) is 74.8 Å². The summed E-state index contributed by atoms with van der Waals surface area (Å²) in [5.41, 5.74) is 0.904. The molecular weight excluding hydrogens is 381 g/mol.